The fourth-order valence-corrected chi connectivity index (χ4v) is 6.33. The molecule has 0 aromatic heterocycles. The van der Waals surface area contributed by atoms with E-state index < -0.39 is 0 Å². The van der Waals surface area contributed by atoms with Crippen LogP contribution in [0.25, 0.3) is 26.5 Å². The van der Waals surface area contributed by atoms with Crippen molar-refractivity contribution in [1.82, 2.24) is 0 Å². The molecule has 0 aliphatic carbocycles. The van der Waals surface area contributed by atoms with Gasteiger partial charge in [-0.15, -0.1) is 0 Å². The molecule has 0 saturated heterocycles. The molecular weight excluding hydrogens is 467 g/mol. The van der Waals surface area contributed by atoms with Gasteiger partial charge in [0.2, 0.25) is 5.78 Å². The Hall–Kier alpha value is -1.59. The molecule has 1 aliphatic heterocycles. The number of hydrogen-bond acceptors (Lipinski definition) is 3. The number of rotatable bonds is 0. The number of carbonyl (C=O) groups excluding carboxylic acids is 1. The molecule has 0 unspecified atom stereocenters. The van der Waals surface area contributed by atoms with E-state index in [2.05, 4.69) is 15.9 Å². The molecule has 4 aromatic carbocycles. The van der Waals surface area contributed by atoms with Crippen molar-refractivity contribution in [3.8, 4) is 0 Å². The third-order valence-electron chi connectivity index (χ3n) is 4.94. The van der Waals surface area contributed by atoms with Gasteiger partial charge >= 0.3 is 0 Å². The SMILES string of the molecule is Cc1cc(Cl)cc2c1C(=O)/C(=c1/c(=O)c3ccc(Cl)c4c(Br)ccc1c43)S2. The van der Waals surface area contributed by atoms with Crippen LogP contribution in [0.4, 0.5) is 0 Å². The zero-order chi connectivity index (χ0) is 19.0. The molecule has 6 heteroatoms. The number of Topliss-reactive ketones (excluding diaryl/α,β-unsaturated/α-hetero) is 1. The minimum atomic E-state index is -0.142. The highest BCUT2D eigenvalue weighted by Gasteiger charge is 2.31. The largest absolute Gasteiger partial charge is 0.289 e. The number of fused-ring (bicyclic) bond motifs is 1. The van der Waals surface area contributed by atoms with E-state index in [1.165, 1.54) is 11.8 Å². The third kappa shape index (κ3) is 2.34. The highest BCUT2D eigenvalue weighted by Crippen LogP contribution is 2.44. The lowest BCUT2D eigenvalue weighted by Crippen LogP contribution is -2.23. The first-order valence-electron chi connectivity index (χ1n) is 8.11. The lowest BCUT2D eigenvalue weighted by Gasteiger charge is -2.03. The lowest BCUT2D eigenvalue weighted by molar-refractivity contribution is 0.105. The molecule has 0 amide bonds. The highest BCUT2D eigenvalue weighted by molar-refractivity contribution is 9.10. The normalized spacial score (nSPS) is 15.9. The fraction of sp³-hybridized carbons (Fsp3) is 0.0476. The Morgan fingerprint density at radius 2 is 1.70 bits per heavy atom. The predicted octanol–water partition coefficient (Wildman–Crippen LogP) is 5.98. The number of hydrogen-bond donors (Lipinski definition) is 0. The maximum atomic E-state index is 13.2. The molecule has 0 spiro atoms. The molecule has 27 heavy (non-hydrogen) atoms. The highest BCUT2D eigenvalue weighted by atomic mass is 79.9. The summed E-state index contributed by atoms with van der Waals surface area (Å²) in [4.78, 5) is 27.6. The molecule has 0 N–H and O–H groups in total. The van der Waals surface area contributed by atoms with Crippen LogP contribution < -0.4 is 10.6 Å². The third-order valence-corrected chi connectivity index (χ3v) is 7.27. The Labute approximate surface area is 176 Å². The maximum absolute atomic E-state index is 13.2. The summed E-state index contributed by atoms with van der Waals surface area (Å²) in [5.41, 5.74) is 1.30. The van der Waals surface area contributed by atoms with E-state index in [1.807, 2.05) is 19.1 Å². The van der Waals surface area contributed by atoms with E-state index in [4.69, 9.17) is 23.2 Å². The molecule has 1 aliphatic rings. The first-order valence-corrected chi connectivity index (χ1v) is 10.5. The summed E-state index contributed by atoms with van der Waals surface area (Å²) in [6.07, 6.45) is 0. The quantitative estimate of drug-likeness (QED) is 0.313. The second-order valence-electron chi connectivity index (χ2n) is 6.50. The van der Waals surface area contributed by atoms with Crippen LogP contribution in [0.15, 0.2) is 50.6 Å². The van der Waals surface area contributed by atoms with Gasteiger partial charge in [-0.25, -0.2) is 0 Å². The van der Waals surface area contributed by atoms with Gasteiger partial charge in [0.1, 0.15) is 0 Å². The molecule has 2 nitrogen and oxygen atoms in total. The van der Waals surface area contributed by atoms with E-state index in [0.29, 0.717) is 31.1 Å². The summed E-state index contributed by atoms with van der Waals surface area (Å²) in [6, 6.07) is 10.7. The van der Waals surface area contributed by atoms with Gasteiger partial charge in [-0.3, -0.25) is 9.59 Å². The molecule has 0 bridgehead atoms. The first-order chi connectivity index (χ1) is 12.9. The first kappa shape index (κ1) is 17.5. The van der Waals surface area contributed by atoms with Crippen LogP contribution in [-0.2, 0) is 0 Å². The lowest BCUT2D eigenvalue weighted by atomic mass is 10.0. The van der Waals surface area contributed by atoms with Gasteiger partial charge in [0.15, 0.2) is 5.43 Å². The average molecular weight is 476 g/mol. The number of ketones is 1. The topological polar surface area (TPSA) is 34.1 Å². The number of benzene rings is 3. The number of halogens is 3. The summed E-state index contributed by atoms with van der Waals surface area (Å²) in [6.45, 7) is 1.86. The van der Waals surface area contributed by atoms with Crippen LogP contribution in [0.3, 0.4) is 0 Å². The molecule has 0 radical (unpaired) electrons. The minimum Gasteiger partial charge on any atom is -0.289 e. The monoisotopic (exact) mass is 474 g/mol. The predicted molar refractivity (Wildman–Crippen MR) is 117 cm³/mol. The van der Waals surface area contributed by atoms with Gasteiger partial charge in [0.25, 0.3) is 0 Å². The number of carbonyl (C=O) groups is 1. The molecule has 1 heterocycles. The standard InChI is InChI=1S/C21H9BrCl2O2S/c1-8-6-9(23)7-14-15(8)20(26)21(27-14)17-10-2-4-12(22)18-13(24)5-3-11(16(10)18)19(17)25/h2-7H,1H3/b21-17-. The van der Waals surface area contributed by atoms with Crippen LogP contribution in [-0.4, -0.2) is 5.78 Å². The van der Waals surface area contributed by atoms with Crippen molar-refractivity contribution in [2.75, 3.05) is 0 Å². The van der Waals surface area contributed by atoms with Crippen molar-refractivity contribution in [2.45, 2.75) is 11.8 Å². The zero-order valence-corrected chi connectivity index (χ0v) is 17.7. The molecule has 132 valence electrons. The van der Waals surface area contributed by atoms with Gasteiger partial charge < -0.3 is 0 Å². The van der Waals surface area contributed by atoms with E-state index in [1.54, 1.807) is 24.3 Å². The van der Waals surface area contributed by atoms with E-state index in [-0.39, 0.29) is 11.2 Å². The van der Waals surface area contributed by atoms with Crippen LogP contribution in [0.5, 0.6) is 0 Å². The molecule has 4 aromatic rings. The van der Waals surface area contributed by atoms with Gasteiger partial charge in [0, 0.05) is 46.4 Å². The Kier molecular flexibility index (Phi) is 3.86. The van der Waals surface area contributed by atoms with E-state index >= 15 is 0 Å². The Balaban J connectivity index is 1.97. The van der Waals surface area contributed by atoms with Crippen molar-refractivity contribution in [2.24, 2.45) is 0 Å². The van der Waals surface area contributed by atoms with Crippen molar-refractivity contribution >= 4 is 83.1 Å². The van der Waals surface area contributed by atoms with Gasteiger partial charge in [0.05, 0.1) is 4.91 Å². The average Bonchev–Trinajstić information content (AvgIpc) is 3.07. The van der Waals surface area contributed by atoms with Crippen molar-refractivity contribution in [3.05, 3.63) is 77.5 Å². The summed E-state index contributed by atoms with van der Waals surface area (Å²) < 4.78 is 0.823. The van der Waals surface area contributed by atoms with Crippen LogP contribution in [0.2, 0.25) is 10.0 Å². The summed E-state index contributed by atoms with van der Waals surface area (Å²) in [5.74, 6) is -0.123. The summed E-state index contributed by atoms with van der Waals surface area (Å²) in [5, 5.41) is 4.52. The Bertz CT molecular complexity index is 1420. The molecular formula is C21H9BrCl2O2S. The maximum Gasteiger partial charge on any atom is 0.201 e. The second kappa shape index (κ2) is 5.95. The molecule has 0 saturated carbocycles. The summed E-state index contributed by atoms with van der Waals surface area (Å²) in [7, 11) is 0. The molecule has 0 atom stereocenters. The van der Waals surface area contributed by atoms with Crippen molar-refractivity contribution in [3.63, 3.8) is 0 Å². The smallest absolute Gasteiger partial charge is 0.201 e. The number of aryl methyl sites for hydroxylation is 1. The van der Waals surface area contributed by atoms with E-state index in [9.17, 15) is 9.59 Å². The molecule has 5 rings (SSSR count). The van der Waals surface area contributed by atoms with E-state index in [0.717, 1.165) is 31.1 Å². The van der Waals surface area contributed by atoms with Crippen LogP contribution in [0.1, 0.15) is 15.9 Å². The minimum absolute atomic E-state index is 0.123. The van der Waals surface area contributed by atoms with Crippen molar-refractivity contribution < 1.29 is 4.79 Å². The Morgan fingerprint density at radius 3 is 2.48 bits per heavy atom. The van der Waals surface area contributed by atoms with Gasteiger partial charge in [-0.05, 0) is 48.2 Å². The fourth-order valence-electron chi connectivity index (χ4n) is 3.81. The summed E-state index contributed by atoms with van der Waals surface area (Å²) >= 11 is 17.4. The van der Waals surface area contributed by atoms with Gasteiger partial charge in [-0.1, -0.05) is 57.0 Å². The Morgan fingerprint density at radius 1 is 0.963 bits per heavy atom. The van der Waals surface area contributed by atoms with Crippen LogP contribution >= 0.6 is 50.9 Å². The van der Waals surface area contributed by atoms with Gasteiger partial charge in [-0.2, -0.15) is 0 Å². The van der Waals surface area contributed by atoms with Crippen LogP contribution in [0, 0.1) is 6.92 Å². The second-order valence-corrected chi connectivity index (χ2v) is 9.25. The molecule has 0 fully saturated rings. The zero-order valence-electron chi connectivity index (χ0n) is 13.8. The number of thioether (sulfide) groups is 1. The van der Waals surface area contributed by atoms with Crippen molar-refractivity contribution in [1.29, 1.82) is 0 Å².